The van der Waals surface area contributed by atoms with E-state index in [2.05, 4.69) is 5.32 Å². The fourth-order valence-corrected chi connectivity index (χ4v) is 1.99. The van der Waals surface area contributed by atoms with Crippen LogP contribution >= 0.6 is 0 Å². The zero-order valence-corrected chi connectivity index (χ0v) is 13.3. The molecule has 0 radical (unpaired) electrons. The molecule has 0 saturated carbocycles. The van der Waals surface area contributed by atoms with Gasteiger partial charge in [0.2, 0.25) is 5.91 Å². The molecule has 4 heteroatoms. The molecule has 2 rings (SSSR count). The lowest BCUT2D eigenvalue weighted by atomic mass is 10.2. The van der Waals surface area contributed by atoms with Gasteiger partial charge in [-0.25, -0.2) is 4.39 Å². The number of hydrogen-bond acceptors (Lipinski definition) is 2. The molecule has 0 atom stereocenters. The summed E-state index contributed by atoms with van der Waals surface area (Å²) in [6.07, 6.45) is 3.30. The van der Waals surface area contributed by atoms with Crippen LogP contribution < -0.4 is 10.1 Å². The van der Waals surface area contributed by atoms with E-state index in [4.69, 9.17) is 4.74 Å². The first-order chi connectivity index (χ1) is 11.0. The van der Waals surface area contributed by atoms with Gasteiger partial charge in [0.15, 0.2) is 0 Å². The fourth-order valence-electron chi connectivity index (χ4n) is 1.99. The smallest absolute Gasteiger partial charge is 0.244 e. The molecule has 0 unspecified atom stereocenters. The SMILES string of the molecule is CC(C)Oc1cccc(/C=C/C(=O)NCc2ccc(F)cc2)c1. The van der Waals surface area contributed by atoms with Crippen LogP contribution in [0.2, 0.25) is 0 Å². The molecule has 0 aromatic heterocycles. The predicted octanol–water partition coefficient (Wildman–Crippen LogP) is 3.94. The fraction of sp³-hybridized carbons (Fsp3) is 0.211. The van der Waals surface area contributed by atoms with Crippen molar-refractivity contribution in [2.24, 2.45) is 0 Å². The van der Waals surface area contributed by atoms with Crippen molar-refractivity contribution in [1.29, 1.82) is 0 Å². The summed E-state index contributed by atoms with van der Waals surface area (Å²) in [5, 5.41) is 2.76. The maximum absolute atomic E-state index is 12.8. The van der Waals surface area contributed by atoms with Crippen molar-refractivity contribution in [3.63, 3.8) is 0 Å². The number of amides is 1. The first-order valence-corrected chi connectivity index (χ1v) is 7.50. The minimum absolute atomic E-state index is 0.105. The monoisotopic (exact) mass is 313 g/mol. The van der Waals surface area contributed by atoms with Crippen LogP contribution in [0.3, 0.4) is 0 Å². The number of rotatable bonds is 6. The lowest BCUT2D eigenvalue weighted by Crippen LogP contribution is -2.20. The van der Waals surface area contributed by atoms with Gasteiger partial charge in [-0.05, 0) is 55.3 Å². The molecule has 0 fully saturated rings. The predicted molar refractivity (Wildman–Crippen MR) is 89.5 cm³/mol. The molecule has 1 amide bonds. The zero-order chi connectivity index (χ0) is 16.7. The second-order valence-electron chi connectivity index (χ2n) is 5.42. The number of benzene rings is 2. The maximum Gasteiger partial charge on any atom is 0.244 e. The number of halogens is 1. The minimum atomic E-state index is -0.288. The Labute approximate surface area is 135 Å². The van der Waals surface area contributed by atoms with Gasteiger partial charge in [-0.15, -0.1) is 0 Å². The largest absolute Gasteiger partial charge is 0.491 e. The highest BCUT2D eigenvalue weighted by Gasteiger charge is 2.00. The summed E-state index contributed by atoms with van der Waals surface area (Å²) in [5.74, 6) is 0.279. The summed E-state index contributed by atoms with van der Waals surface area (Å²) >= 11 is 0. The van der Waals surface area contributed by atoms with E-state index >= 15 is 0 Å². The van der Waals surface area contributed by atoms with Crippen LogP contribution in [0.5, 0.6) is 5.75 Å². The third-order valence-electron chi connectivity index (χ3n) is 3.04. The van der Waals surface area contributed by atoms with Crippen molar-refractivity contribution in [2.45, 2.75) is 26.5 Å². The topological polar surface area (TPSA) is 38.3 Å². The number of ether oxygens (including phenoxy) is 1. The van der Waals surface area contributed by atoms with Crippen molar-refractivity contribution < 1.29 is 13.9 Å². The van der Waals surface area contributed by atoms with Gasteiger partial charge in [-0.2, -0.15) is 0 Å². The zero-order valence-electron chi connectivity index (χ0n) is 13.3. The summed E-state index contributed by atoms with van der Waals surface area (Å²) in [4.78, 5) is 11.8. The number of carbonyl (C=O) groups excluding carboxylic acids is 1. The molecular weight excluding hydrogens is 293 g/mol. The minimum Gasteiger partial charge on any atom is -0.491 e. The van der Waals surface area contributed by atoms with Gasteiger partial charge >= 0.3 is 0 Å². The van der Waals surface area contributed by atoms with Crippen molar-refractivity contribution in [2.75, 3.05) is 0 Å². The van der Waals surface area contributed by atoms with E-state index in [-0.39, 0.29) is 17.8 Å². The third kappa shape index (κ3) is 5.94. The normalized spacial score (nSPS) is 11.0. The molecule has 0 aliphatic carbocycles. The van der Waals surface area contributed by atoms with Gasteiger partial charge in [-0.3, -0.25) is 4.79 Å². The van der Waals surface area contributed by atoms with Gasteiger partial charge < -0.3 is 10.1 Å². The van der Waals surface area contributed by atoms with Gasteiger partial charge in [0.05, 0.1) is 6.10 Å². The molecule has 0 bridgehead atoms. The summed E-state index contributed by atoms with van der Waals surface area (Å²) in [5.41, 5.74) is 1.74. The highest BCUT2D eigenvalue weighted by Crippen LogP contribution is 2.15. The van der Waals surface area contributed by atoms with E-state index in [9.17, 15) is 9.18 Å². The molecule has 2 aromatic rings. The number of hydrogen-bond donors (Lipinski definition) is 1. The van der Waals surface area contributed by atoms with Crippen molar-refractivity contribution >= 4 is 12.0 Å². The second kappa shape index (κ2) is 8.13. The molecule has 0 spiro atoms. The summed E-state index contributed by atoms with van der Waals surface area (Å²) in [6.45, 7) is 4.29. The molecule has 2 aromatic carbocycles. The molecule has 1 N–H and O–H groups in total. The van der Waals surface area contributed by atoms with E-state index in [1.165, 1.54) is 18.2 Å². The van der Waals surface area contributed by atoms with Crippen LogP contribution in [0.15, 0.2) is 54.6 Å². The lowest BCUT2D eigenvalue weighted by Gasteiger charge is -2.09. The van der Waals surface area contributed by atoms with Crippen LogP contribution in [-0.4, -0.2) is 12.0 Å². The average molecular weight is 313 g/mol. The number of nitrogens with one attached hydrogen (secondary N) is 1. The first-order valence-electron chi connectivity index (χ1n) is 7.50. The summed E-state index contributed by atoms with van der Waals surface area (Å²) < 4.78 is 18.4. The Bertz CT molecular complexity index is 678. The molecule has 23 heavy (non-hydrogen) atoms. The maximum atomic E-state index is 12.8. The quantitative estimate of drug-likeness (QED) is 0.820. The Morgan fingerprint density at radius 2 is 1.96 bits per heavy atom. The second-order valence-corrected chi connectivity index (χ2v) is 5.42. The van der Waals surface area contributed by atoms with E-state index in [0.717, 1.165) is 16.9 Å². The highest BCUT2D eigenvalue weighted by atomic mass is 19.1. The summed E-state index contributed by atoms with van der Waals surface area (Å²) in [7, 11) is 0. The Hall–Kier alpha value is -2.62. The Balaban J connectivity index is 1.89. The van der Waals surface area contributed by atoms with Crippen LogP contribution in [-0.2, 0) is 11.3 Å². The first kappa shape index (κ1) is 16.7. The van der Waals surface area contributed by atoms with E-state index in [1.807, 2.05) is 38.1 Å². The van der Waals surface area contributed by atoms with Crippen LogP contribution in [0, 0.1) is 5.82 Å². The van der Waals surface area contributed by atoms with Crippen LogP contribution in [0.4, 0.5) is 4.39 Å². The molecule has 3 nitrogen and oxygen atoms in total. The van der Waals surface area contributed by atoms with Crippen molar-refractivity contribution in [3.05, 3.63) is 71.6 Å². The van der Waals surface area contributed by atoms with Crippen molar-refractivity contribution in [1.82, 2.24) is 5.32 Å². The highest BCUT2D eigenvalue weighted by molar-refractivity contribution is 5.91. The van der Waals surface area contributed by atoms with Gasteiger partial charge in [0, 0.05) is 12.6 Å². The van der Waals surface area contributed by atoms with Gasteiger partial charge in [0.1, 0.15) is 11.6 Å². The Morgan fingerprint density at radius 1 is 1.22 bits per heavy atom. The molecule has 0 saturated heterocycles. The number of carbonyl (C=O) groups is 1. The van der Waals surface area contributed by atoms with E-state index in [1.54, 1.807) is 18.2 Å². The van der Waals surface area contributed by atoms with Gasteiger partial charge in [-0.1, -0.05) is 24.3 Å². The summed E-state index contributed by atoms with van der Waals surface area (Å²) in [6, 6.07) is 13.6. The molecule has 0 heterocycles. The van der Waals surface area contributed by atoms with Crippen LogP contribution in [0.25, 0.3) is 6.08 Å². The van der Waals surface area contributed by atoms with E-state index in [0.29, 0.717) is 6.54 Å². The van der Waals surface area contributed by atoms with E-state index < -0.39 is 0 Å². The molecular formula is C19H20FNO2. The standard InChI is InChI=1S/C19H20FNO2/c1-14(2)23-18-5-3-4-15(12-18)8-11-19(22)21-13-16-6-9-17(20)10-7-16/h3-12,14H,13H2,1-2H3,(H,21,22)/b11-8+. The average Bonchev–Trinajstić information content (AvgIpc) is 2.52. The third-order valence-corrected chi connectivity index (χ3v) is 3.04. The Kier molecular flexibility index (Phi) is 5.92. The van der Waals surface area contributed by atoms with Crippen LogP contribution in [0.1, 0.15) is 25.0 Å². The molecule has 120 valence electrons. The Morgan fingerprint density at radius 3 is 2.65 bits per heavy atom. The molecule has 0 aliphatic heterocycles. The van der Waals surface area contributed by atoms with Crippen molar-refractivity contribution in [3.8, 4) is 5.75 Å². The van der Waals surface area contributed by atoms with Gasteiger partial charge in [0.25, 0.3) is 0 Å². The molecule has 0 aliphatic rings. The lowest BCUT2D eigenvalue weighted by molar-refractivity contribution is -0.116.